The molecule has 0 atom stereocenters. The van der Waals surface area contributed by atoms with Gasteiger partial charge in [0.15, 0.2) is 9.60 Å². The Morgan fingerprint density at radius 1 is 1.33 bits per heavy atom. The van der Waals surface area contributed by atoms with E-state index in [1.807, 2.05) is 31.2 Å². The minimum Gasteiger partial charge on any atom is -0.337 e. The standard InChI is InChI=1S/C18H15N5O2S2/c1-3-8-23-16-14(27-18(23)26)17(24)22(10-19-16)9-13-20-15(21-25-13)12-6-4-11(2)5-7-12/h3-7,10H,1,8-9H2,2H3. The molecule has 9 heteroatoms. The van der Waals surface area contributed by atoms with Crippen LogP contribution < -0.4 is 5.56 Å². The summed E-state index contributed by atoms with van der Waals surface area (Å²) >= 11 is 6.56. The molecule has 4 rings (SSSR count). The molecule has 7 nitrogen and oxygen atoms in total. The molecule has 0 aliphatic rings. The fraction of sp³-hybridized carbons (Fsp3) is 0.167. The number of hydrogen-bond acceptors (Lipinski definition) is 7. The third-order valence-corrected chi connectivity index (χ3v) is 5.46. The van der Waals surface area contributed by atoms with Crippen molar-refractivity contribution in [3.63, 3.8) is 0 Å². The number of aromatic nitrogens is 5. The zero-order valence-corrected chi connectivity index (χ0v) is 16.1. The monoisotopic (exact) mass is 397 g/mol. The van der Waals surface area contributed by atoms with Crippen molar-refractivity contribution in [2.45, 2.75) is 20.0 Å². The van der Waals surface area contributed by atoms with Gasteiger partial charge in [0.25, 0.3) is 5.56 Å². The number of hydrogen-bond donors (Lipinski definition) is 0. The van der Waals surface area contributed by atoms with Crippen molar-refractivity contribution >= 4 is 33.9 Å². The molecule has 0 unspecified atom stereocenters. The second-order valence-corrected chi connectivity index (χ2v) is 7.62. The Labute approximate surface area is 163 Å². The Hall–Kier alpha value is -2.91. The van der Waals surface area contributed by atoms with Crippen LogP contribution in [0.15, 0.2) is 52.6 Å². The van der Waals surface area contributed by atoms with Gasteiger partial charge in [-0.15, -0.1) is 6.58 Å². The number of thiazole rings is 1. The summed E-state index contributed by atoms with van der Waals surface area (Å²) in [5.74, 6) is 0.822. The number of benzene rings is 1. The summed E-state index contributed by atoms with van der Waals surface area (Å²) in [5, 5.41) is 4.00. The van der Waals surface area contributed by atoms with Crippen LogP contribution in [-0.4, -0.2) is 24.3 Å². The van der Waals surface area contributed by atoms with E-state index in [1.165, 1.54) is 22.2 Å². The first-order valence-electron chi connectivity index (χ1n) is 8.16. The van der Waals surface area contributed by atoms with Crippen LogP contribution in [0.1, 0.15) is 11.5 Å². The van der Waals surface area contributed by atoms with Gasteiger partial charge < -0.3 is 9.09 Å². The highest BCUT2D eigenvalue weighted by Gasteiger charge is 2.14. The van der Waals surface area contributed by atoms with Crippen molar-refractivity contribution in [1.29, 1.82) is 0 Å². The lowest BCUT2D eigenvalue weighted by atomic mass is 10.1. The summed E-state index contributed by atoms with van der Waals surface area (Å²) in [7, 11) is 0. The van der Waals surface area contributed by atoms with E-state index in [0.717, 1.165) is 11.1 Å². The molecule has 3 heterocycles. The highest BCUT2D eigenvalue weighted by molar-refractivity contribution is 7.73. The third kappa shape index (κ3) is 3.26. The van der Waals surface area contributed by atoms with Crippen molar-refractivity contribution in [1.82, 2.24) is 24.3 Å². The van der Waals surface area contributed by atoms with E-state index in [2.05, 4.69) is 21.7 Å². The number of allylic oxidation sites excluding steroid dienone is 1. The Morgan fingerprint density at radius 3 is 2.85 bits per heavy atom. The molecule has 3 aromatic heterocycles. The van der Waals surface area contributed by atoms with Gasteiger partial charge in [-0.3, -0.25) is 9.36 Å². The lowest BCUT2D eigenvalue weighted by molar-refractivity contribution is 0.369. The smallest absolute Gasteiger partial charge is 0.273 e. The molecule has 0 aliphatic carbocycles. The van der Waals surface area contributed by atoms with E-state index >= 15 is 0 Å². The van der Waals surface area contributed by atoms with Crippen LogP contribution in [0.4, 0.5) is 0 Å². The van der Waals surface area contributed by atoms with Crippen LogP contribution in [0.3, 0.4) is 0 Å². The Bertz CT molecular complexity index is 1250. The van der Waals surface area contributed by atoms with E-state index in [1.54, 1.807) is 10.6 Å². The molecule has 0 saturated heterocycles. The third-order valence-electron chi connectivity index (χ3n) is 4.04. The van der Waals surface area contributed by atoms with E-state index in [9.17, 15) is 4.79 Å². The molecule has 0 N–H and O–H groups in total. The molecule has 1 aromatic carbocycles. The zero-order chi connectivity index (χ0) is 19.0. The lowest BCUT2D eigenvalue weighted by Crippen LogP contribution is -2.21. The maximum Gasteiger partial charge on any atom is 0.273 e. The van der Waals surface area contributed by atoms with Gasteiger partial charge in [0.1, 0.15) is 17.6 Å². The van der Waals surface area contributed by atoms with Crippen molar-refractivity contribution < 1.29 is 4.52 Å². The summed E-state index contributed by atoms with van der Waals surface area (Å²) in [4.78, 5) is 21.5. The first kappa shape index (κ1) is 17.5. The molecular formula is C18H15N5O2S2. The number of fused-ring (bicyclic) bond motifs is 1. The van der Waals surface area contributed by atoms with E-state index < -0.39 is 0 Å². The van der Waals surface area contributed by atoms with Crippen LogP contribution in [0.5, 0.6) is 0 Å². The fourth-order valence-corrected chi connectivity index (χ4v) is 3.97. The van der Waals surface area contributed by atoms with E-state index in [4.69, 9.17) is 16.7 Å². The SMILES string of the molecule is C=CCn1c(=S)sc2c(=O)n(Cc3nc(-c4ccc(C)cc4)no3)cnc21. The maximum atomic E-state index is 12.8. The van der Waals surface area contributed by atoms with Gasteiger partial charge in [-0.05, 0) is 19.1 Å². The van der Waals surface area contributed by atoms with Crippen LogP contribution in [0.2, 0.25) is 0 Å². The molecule has 27 heavy (non-hydrogen) atoms. The summed E-state index contributed by atoms with van der Waals surface area (Å²) in [5.41, 5.74) is 2.39. The van der Waals surface area contributed by atoms with Crippen molar-refractivity contribution in [2.24, 2.45) is 0 Å². The zero-order valence-electron chi connectivity index (χ0n) is 14.5. The molecule has 0 fully saturated rings. The van der Waals surface area contributed by atoms with Crippen LogP contribution in [-0.2, 0) is 13.1 Å². The molecule has 0 saturated carbocycles. The van der Waals surface area contributed by atoms with Crippen molar-refractivity contribution in [3.8, 4) is 11.4 Å². The lowest BCUT2D eigenvalue weighted by Gasteiger charge is -2.02. The van der Waals surface area contributed by atoms with E-state index in [-0.39, 0.29) is 12.1 Å². The first-order chi connectivity index (χ1) is 13.1. The molecule has 136 valence electrons. The topological polar surface area (TPSA) is 78.7 Å². The highest BCUT2D eigenvalue weighted by atomic mass is 32.1. The van der Waals surface area contributed by atoms with Crippen LogP contribution >= 0.6 is 23.6 Å². The van der Waals surface area contributed by atoms with Gasteiger partial charge in [0, 0.05) is 12.1 Å². The molecule has 0 spiro atoms. The summed E-state index contributed by atoms with van der Waals surface area (Å²) < 4.78 is 9.63. The van der Waals surface area contributed by atoms with Crippen LogP contribution in [0.25, 0.3) is 21.7 Å². The van der Waals surface area contributed by atoms with E-state index in [0.29, 0.717) is 32.6 Å². The first-order valence-corrected chi connectivity index (χ1v) is 9.38. The fourth-order valence-electron chi connectivity index (χ4n) is 2.66. The number of rotatable bonds is 5. The molecule has 0 radical (unpaired) electrons. The van der Waals surface area contributed by atoms with Gasteiger partial charge in [0.2, 0.25) is 11.7 Å². The number of nitrogens with zero attached hydrogens (tertiary/aromatic N) is 5. The van der Waals surface area contributed by atoms with Crippen molar-refractivity contribution in [2.75, 3.05) is 0 Å². The largest absolute Gasteiger partial charge is 0.337 e. The molecule has 0 bridgehead atoms. The Balaban J connectivity index is 1.67. The minimum atomic E-state index is -0.186. The average molecular weight is 397 g/mol. The second-order valence-electron chi connectivity index (χ2n) is 5.98. The maximum absolute atomic E-state index is 12.8. The second kappa shape index (κ2) is 7.01. The molecular weight excluding hydrogens is 382 g/mol. The van der Waals surface area contributed by atoms with Gasteiger partial charge in [-0.2, -0.15) is 4.98 Å². The van der Waals surface area contributed by atoms with Gasteiger partial charge in [-0.1, -0.05) is 52.4 Å². The van der Waals surface area contributed by atoms with Gasteiger partial charge in [-0.25, -0.2) is 4.98 Å². The summed E-state index contributed by atoms with van der Waals surface area (Å²) in [6, 6.07) is 7.82. The highest BCUT2D eigenvalue weighted by Crippen LogP contribution is 2.19. The predicted molar refractivity (Wildman–Crippen MR) is 106 cm³/mol. The quantitative estimate of drug-likeness (QED) is 0.378. The summed E-state index contributed by atoms with van der Waals surface area (Å²) in [6.07, 6.45) is 3.20. The predicted octanol–water partition coefficient (Wildman–Crippen LogP) is 3.58. The minimum absolute atomic E-state index is 0.146. The van der Waals surface area contributed by atoms with Crippen LogP contribution in [0, 0.1) is 10.9 Å². The van der Waals surface area contributed by atoms with Gasteiger partial charge in [0.05, 0.1) is 0 Å². The average Bonchev–Trinajstić information content (AvgIpc) is 3.24. The molecule has 0 aliphatic heterocycles. The number of aryl methyl sites for hydroxylation is 1. The molecule has 4 aromatic rings. The molecule has 0 amide bonds. The Morgan fingerprint density at radius 2 is 2.11 bits per heavy atom. The Kier molecular flexibility index (Phi) is 4.54. The van der Waals surface area contributed by atoms with Crippen molar-refractivity contribution in [3.05, 3.63) is 69.0 Å². The normalized spacial score (nSPS) is 11.1. The summed E-state index contributed by atoms with van der Waals surface area (Å²) in [6.45, 7) is 6.38. The van der Waals surface area contributed by atoms with Gasteiger partial charge >= 0.3 is 0 Å².